The fraction of sp³-hybridized carbons (Fsp3) is 0.111. The van der Waals surface area contributed by atoms with Crippen LogP contribution in [0.3, 0.4) is 0 Å². The molecule has 2 N–H and O–H groups in total. The van der Waals surface area contributed by atoms with Crippen molar-refractivity contribution in [3.05, 3.63) is 76.8 Å². The van der Waals surface area contributed by atoms with Crippen LogP contribution < -0.4 is 5.32 Å². The number of fused-ring (bicyclic) bond motifs is 1. The van der Waals surface area contributed by atoms with E-state index in [0.717, 1.165) is 27.7 Å². The summed E-state index contributed by atoms with van der Waals surface area (Å²) < 4.78 is 13.1. The van der Waals surface area contributed by atoms with Crippen molar-refractivity contribution in [3.63, 3.8) is 0 Å². The summed E-state index contributed by atoms with van der Waals surface area (Å²) in [7, 11) is 0. The highest BCUT2D eigenvalue weighted by Gasteiger charge is 2.07. The van der Waals surface area contributed by atoms with Crippen LogP contribution in [0.4, 0.5) is 10.3 Å². The molecule has 4 heterocycles. The molecule has 0 saturated carbocycles. The van der Waals surface area contributed by atoms with E-state index in [0.29, 0.717) is 23.9 Å². The van der Waals surface area contributed by atoms with Crippen LogP contribution in [-0.2, 0) is 13.0 Å². The summed E-state index contributed by atoms with van der Waals surface area (Å²) in [6.45, 7) is 0.400. The van der Waals surface area contributed by atoms with Gasteiger partial charge in [0.15, 0.2) is 0 Å². The molecule has 0 saturated heterocycles. The maximum Gasteiger partial charge on any atom is 0.222 e. The summed E-state index contributed by atoms with van der Waals surface area (Å²) >= 11 is 6.03. The van der Waals surface area contributed by atoms with Gasteiger partial charge < -0.3 is 10.3 Å². The van der Waals surface area contributed by atoms with E-state index in [1.54, 1.807) is 24.8 Å². The number of rotatable bonds is 5. The Hall–Kier alpha value is -3.06. The first-order valence-electron chi connectivity index (χ1n) is 7.93. The fourth-order valence-electron chi connectivity index (χ4n) is 2.67. The Morgan fingerprint density at radius 3 is 2.65 bits per heavy atom. The van der Waals surface area contributed by atoms with Gasteiger partial charge in [-0.05, 0) is 28.8 Å². The van der Waals surface area contributed by atoms with Crippen LogP contribution in [0.1, 0.15) is 16.7 Å². The van der Waals surface area contributed by atoms with Gasteiger partial charge in [-0.15, -0.1) is 0 Å². The average Bonchev–Trinajstić information content (AvgIpc) is 3.03. The topological polar surface area (TPSA) is 79.4 Å². The third-order valence-corrected chi connectivity index (χ3v) is 4.10. The highest BCUT2D eigenvalue weighted by molar-refractivity contribution is 6.31. The monoisotopic (exact) mass is 368 g/mol. The number of H-pyrrole nitrogens is 1. The number of halogens is 2. The third-order valence-electron chi connectivity index (χ3n) is 3.90. The molecular weight excluding hydrogens is 355 g/mol. The van der Waals surface area contributed by atoms with Gasteiger partial charge in [0.05, 0.1) is 11.2 Å². The lowest BCUT2D eigenvalue weighted by Crippen LogP contribution is -2.04. The second-order valence-electron chi connectivity index (χ2n) is 5.82. The minimum Gasteiger partial charge on any atom is -0.350 e. The molecule has 8 heteroatoms. The minimum atomic E-state index is -0.367. The molecule has 4 aromatic rings. The minimum absolute atomic E-state index is 0.367. The molecule has 0 aliphatic rings. The van der Waals surface area contributed by atoms with Crippen molar-refractivity contribution in [2.75, 3.05) is 5.32 Å². The summed E-state index contributed by atoms with van der Waals surface area (Å²) in [5, 5.41) is 4.63. The number of aromatic nitrogens is 5. The van der Waals surface area contributed by atoms with Crippen LogP contribution in [0.25, 0.3) is 11.0 Å². The maximum atomic E-state index is 13.1. The average molecular weight is 369 g/mol. The fourth-order valence-corrected chi connectivity index (χ4v) is 2.83. The summed E-state index contributed by atoms with van der Waals surface area (Å²) in [4.78, 5) is 19.8. The van der Waals surface area contributed by atoms with Crippen molar-refractivity contribution < 1.29 is 4.39 Å². The summed E-state index contributed by atoms with van der Waals surface area (Å²) in [6.07, 6.45) is 10.5. The second-order valence-corrected chi connectivity index (χ2v) is 6.26. The van der Waals surface area contributed by atoms with Crippen LogP contribution in [0, 0.1) is 5.82 Å². The van der Waals surface area contributed by atoms with E-state index in [1.165, 1.54) is 12.3 Å². The summed E-state index contributed by atoms with van der Waals surface area (Å²) in [5.41, 5.74) is 3.56. The zero-order valence-corrected chi connectivity index (χ0v) is 14.3. The zero-order chi connectivity index (χ0) is 17.9. The Bertz CT molecular complexity index is 1050. The van der Waals surface area contributed by atoms with Crippen LogP contribution in [0.5, 0.6) is 0 Å². The first-order chi connectivity index (χ1) is 12.7. The normalized spacial score (nSPS) is 11.0. The van der Waals surface area contributed by atoms with Gasteiger partial charge in [0.25, 0.3) is 0 Å². The molecule has 130 valence electrons. The van der Waals surface area contributed by atoms with Crippen molar-refractivity contribution in [2.45, 2.75) is 13.0 Å². The van der Waals surface area contributed by atoms with Crippen LogP contribution in [-0.4, -0.2) is 24.9 Å². The molecule has 0 aromatic carbocycles. The van der Waals surface area contributed by atoms with Gasteiger partial charge in [-0.1, -0.05) is 11.6 Å². The van der Waals surface area contributed by atoms with Crippen LogP contribution >= 0.6 is 11.6 Å². The maximum absolute atomic E-state index is 13.1. The molecule has 0 atom stereocenters. The lowest BCUT2D eigenvalue weighted by molar-refractivity contribution is 0.619. The first-order valence-corrected chi connectivity index (χ1v) is 8.31. The van der Waals surface area contributed by atoms with Gasteiger partial charge in [0.2, 0.25) is 5.95 Å². The Morgan fingerprint density at radius 2 is 1.85 bits per heavy atom. The lowest BCUT2D eigenvalue weighted by Gasteiger charge is -2.06. The van der Waals surface area contributed by atoms with E-state index in [4.69, 9.17) is 11.6 Å². The van der Waals surface area contributed by atoms with Crippen LogP contribution in [0.15, 0.2) is 49.3 Å². The summed E-state index contributed by atoms with van der Waals surface area (Å²) in [6, 6.07) is 3.31. The molecule has 26 heavy (non-hydrogen) atoms. The Labute approximate surface area is 153 Å². The molecule has 0 amide bonds. The first kappa shape index (κ1) is 16.4. The molecule has 0 radical (unpaired) electrons. The number of anilines is 1. The van der Waals surface area contributed by atoms with E-state index in [2.05, 4.69) is 30.2 Å². The van der Waals surface area contributed by atoms with Crippen molar-refractivity contribution in [3.8, 4) is 0 Å². The van der Waals surface area contributed by atoms with Gasteiger partial charge in [-0.25, -0.2) is 19.3 Å². The largest absolute Gasteiger partial charge is 0.350 e. The van der Waals surface area contributed by atoms with Gasteiger partial charge in [0, 0.05) is 49.3 Å². The van der Waals surface area contributed by atoms with Gasteiger partial charge in [-0.3, -0.25) is 4.98 Å². The van der Waals surface area contributed by atoms with E-state index in [-0.39, 0.29) is 5.82 Å². The molecule has 0 bridgehead atoms. The lowest BCUT2D eigenvalue weighted by atomic mass is 10.1. The predicted molar refractivity (Wildman–Crippen MR) is 97.5 cm³/mol. The Morgan fingerprint density at radius 1 is 1.00 bits per heavy atom. The van der Waals surface area contributed by atoms with Crippen LogP contribution in [0.2, 0.25) is 5.02 Å². The van der Waals surface area contributed by atoms with Gasteiger partial charge >= 0.3 is 0 Å². The van der Waals surface area contributed by atoms with E-state index in [1.807, 2.05) is 12.3 Å². The molecule has 0 aliphatic heterocycles. The van der Waals surface area contributed by atoms with Crippen molar-refractivity contribution in [1.82, 2.24) is 24.9 Å². The smallest absolute Gasteiger partial charge is 0.222 e. The quantitative estimate of drug-likeness (QED) is 0.561. The Kier molecular flexibility index (Phi) is 4.45. The number of hydrogen-bond acceptors (Lipinski definition) is 5. The molecule has 6 nitrogen and oxygen atoms in total. The molecular formula is C18H14ClFN6. The van der Waals surface area contributed by atoms with E-state index < -0.39 is 0 Å². The molecule has 0 spiro atoms. The van der Waals surface area contributed by atoms with Crippen molar-refractivity contribution in [1.29, 1.82) is 0 Å². The number of hydrogen-bond donors (Lipinski definition) is 2. The SMILES string of the molecule is Fc1cncc(CNc2ncc(Cc3c[nH]c4ncc(Cl)cc34)cn2)c1. The van der Waals surface area contributed by atoms with E-state index >= 15 is 0 Å². The molecule has 0 unspecified atom stereocenters. The number of nitrogens with zero attached hydrogens (tertiary/aromatic N) is 4. The van der Waals surface area contributed by atoms with Crippen molar-refractivity contribution >= 4 is 28.6 Å². The molecule has 4 rings (SSSR count). The zero-order valence-electron chi connectivity index (χ0n) is 13.6. The van der Waals surface area contributed by atoms with Gasteiger partial charge in [-0.2, -0.15) is 0 Å². The standard InChI is InChI=1S/C18H14ClFN6/c19-14-3-16-13(8-22-17(16)23-9-14)1-11-5-24-18(25-6-11)26-7-12-2-15(20)10-21-4-12/h2-6,8-10H,1,7H2,(H,22,23)(H,24,25,26). The molecule has 0 aliphatic carbocycles. The Balaban J connectivity index is 1.44. The van der Waals surface area contributed by atoms with E-state index in [9.17, 15) is 4.39 Å². The molecule has 0 fully saturated rings. The molecule has 4 aromatic heterocycles. The number of pyridine rings is 2. The highest BCUT2D eigenvalue weighted by Crippen LogP contribution is 2.22. The number of aromatic amines is 1. The predicted octanol–water partition coefficient (Wildman–Crippen LogP) is 3.74. The second kappa shape index (κ2) is 7.05. The number of nitrogens with one attached hydrogen (secondary N) is 2. The highest BCUT2D eigenvalue weighted by atomic mass is 35.5. The van der Waals surface area contributed by atoms with Crippen molar-refractivity contribution in [2.24, 2.45) is 0 Å². The summed E-state index contributed by atoms with van der Waals surface area (Å²) in [5.74, 6) is 0.107. The van der Waals surface area contributed by atoms with Gasteiger partial charge in [0.1, 0.15) is 11.5 Å². The third kappa shape index (κ3) is 3.62.